The number of hydrogen-bond donors (Lipinski definition) is 1. The molecule has 1 fully saturated rings. The van der Waals surface area contributed by atoms with Crippen LogP contribution in [0.5, 0.6) is 0 Å². The Morgan fingerprint density at radius 3 is 2.36 bits per heavy atom. The highest BCUT2D eigenvalue weighted by Gasteiger charge is 2.29. The Bertz CT molecular complexity index is 769. The van der Waals surface area contributed by atoms with Gasteiger partial charge in [0.2, 0.25) is 10.0 Å². The van der Waals surface area contributed by atoms with Gasteiger partial charge in [-0.05, 0) is 56.5 Å². The number of likely N-dealkylation sites (N-methyl/N-ethyl adjacent to an activating group) is 1. The zero-order valence-corrected chi connectivity index (χ0v) is 18.7. The van der Waals surface area contributed by atoms with Crippen LogP contribution < -0.4 is 4.72 Å². The zero-order chi connectivity index (χ0) is 20.9. The standard InChI is InChI=1S/C21H35N3O3S/c1-6-23(7-2)12-13-24(15-16(3)4)21(25)20-14-19(11-8-17(20)5)28(26,27)22-18-9-10-18/h8,11,14,16,18,22H,6-7,9-10,12-13,15H2,1-5H3. The maximum atomic E-state index is 13.3. The van der Waals surface area contributed by atoms with Gasteiger partial charge in [-0.3, -0.25) is 4.79 Å². The van der Waals surface area contributed by atoms with Crippen molar-refractivity contribution < 1.29 is 13.2 Å². The minimum atomic E-state index is -3.58. The van der Waals surface area contributed by atoms with Crippen LogP contribution in [0.3, 0.4) is 0 Å². The summed E-state index contributed by atoms with van der Waals surface area (Å²) in [7, 11) is -3.58. The smallest absolute Gasteiger partial charge is 0.254 e. The highest BCUT2D eigenvalue weighted by atomic mass is 32.2. The van der Waals surface area contributed by atoms with Gasteiger partial charge in [0.05, 0.1) is 4.90 Å². The molecule has 0 atom stereocenters. The summed E-state index contributed by atoms with van der Waals surface area (Å²) in [5.41, 5.74) is 1.27. The molecule has 28 heavy (non-hydrogen) atoms. The highest BCUT2D eigenvalue weighted by Crippen LogP contribution is 2.24. The molecule has 0 bridgehead atoms. The number of carbonyl (C=O) groups is 1. The first-order chi connectivity index (χ1) is 13.2. The van der Waals surface area contributed by atoms with E-state index < -0.39 is 10.0 Å². The summed E-state index contributed by atoms with van der Waals surface area (Å²) >= 11 is 0. The molecule has 1 aliphatic carbocycles. The van der Waals surface area contributed by atoms with Crippen LogP contribution in [-0.2, 0) is 10.0 Å². The molecule has 0 spiro atoms. The minimum Gasteiger partial charge on any atom is -0.337 e. The van der Waals surface area contributed by atoms with E-state index in [1.165, 1.54) is 6.07 Å². The minimum absolute atomic E-state index is 0.0389. The molecular formula is C21H35N3O3S. The number of amides is 1. The second-order valence-electron chi connectivity index (χ2n) is 8.04. The molecule has 0 unspecified atom stereocenters. The van der Waals surface area contributed by atoms with Crippen LogP contribution in [0.25, 0.3) is 0 Å². The second-order valence-corrected chi connectivity index (χ2v) is 9.76. The van der Waals surface area contributed by atoms with Gasteiger partial charge in [-0.25, -0.2) is 13.1 Å². The lowest BCUT2D eigenvalue weighted by Crippen LogP contribution is -2.41. The third-order valence-electron chi connectivity index (χ3n) is 5.10. The van der Waals surface area contributed by atoms with Crippen molar-refractivity contribution >= 4 is 15.9 Å². The van der Waals surface area contributed by atoms with Crippen molar-refractivity contribution in [2.45, 2.75) is 58.4 Å². The van der Waals surface area contributed by atoms with E-state index in [-0.39, 0.29) is 16.8 Å². The third kappa shape index (κ3) is 6.29. The van der Waals surface area contributed by atoms with E-state index in [1.807, 2.05) is 11.8 Å². The summed E-state index contributed by atoms with van der Waals surface area (Å²) in [4.78, 5) is 17.6. The normalized spacial score (nSPS) is 14.7. The van der Waals surface area contributed by atoms with Gasteiger partial charge in [-0.15, -0.1) is 0 Å². The van der Waals surface area contributed by atoms with Crippen molar-refractivity contribution in [2.75, 3.05) is 32.7 Å². The molecule has 0 radical (unpaired) electrons. The van der Waals surface area contributed by atoms with Crippen LogP contribution in [0, 0.1) is 12.8 Å². The van der Waals surface area contributed by atoms with Gasteiger partial charge >= 0.3 is 0 Å². The van der Waals surface area contributed by atoms with Crippen LogP contribution in [0.1, 0.15) is 56.5 Å². The number of sulfonamides is 1. The van der Waals surface area contributed by atoms with Gasteiger partial charge in [0.15, 0.2) is 0 Å². The lowest BCUT2D eigenvalue weighted by Gasteiger charge is -2.28. The van der Waals surface area contributed by atoms with Crippen LogP contribution in [0.2, 0.25) is 0 Å². The Kier molecular flexibility index (Phi) is 8.04. The number of hydrogen-bond acceptors (Lipinski definition) is 4. The molecule has 2 rings (SSSR count). The maximum absolute atomic E-state index is 13.3. The van der Waals surface area contributed by atoms with E-state index in [4.69, 9.17) is 0 Å². The first-order valence-electron chi connectivity index (χ1n) is 10.3. The Balaban J connectivity index is 2.25. The van der Waals surface area contributed by atoms with E-state index in [9.17, 15) is 13.2 Å². The van der Waals surface area contributed by atoms with Crippen molar-refractivity contribution in [3.05, 3.63) is 29.3 Å². The van der Waals surface area contributed by atoms with E-state index in [0.717, 1.165) is 38.0 Å². The Morgan fingerprint density at radius 1 is 1.18 bits per heavy atom. The fraction of sp³-hybridized carbons (Fsp3) is 0.667. The Labute approximate surface area is 170 Å². The summed E-state index contributed by atoms with van der Waals surface area (Å²) in [6, 6.07) is 4.89. The van der Waals surface area contributed by atoms with Crippen molar-refractivity contribution in [1.29, 1.82) is 0 Å². The maximum Gasteiger partial charge on any atom is 0.254 e. The molecule has 1 saturated carbocycles. The summed E-state index contributed by atoms with van der Waals surface area (Å²) in [5, 5.41) is 0. The lowest BCUT2D eigenvalue weighted by atomic mass is 10.1. The predicted octanol–water partition coefficient (Wildman–Crippen LogP) is 2.88. The molecule has 0 aliphatic heterocycles. The van der Waals surface area contributed by atoms with Crippen molar-refractivity contribution in [3.63, 3.8) is 0 Å². The number of carbonyl (C=O) groups excluding carboxylic acids is 1. The molecule has 1 N–H and O–H groups in total. The van der Waals surface area contributed by atoms with Crippen LogP contribution in [0.15, 0.2) is 23.1 Å². The molecule has 1 aromatic carbocycles. The molecule has 158 valence electrons. The molecular weight excluding hydrogens is 374 g/mol. The monoisotopic (exact) mass is 409 g/mol. The number of benzene rings is 1. The van der Waals surface area contributed by atoms with Crippen molar-refractivity contribution in [1.82, 2.24) is 14.5 Å². The van der Waals surface area contributed by atoms with Crippen molar-refractivity contribution in [2.24, 2.45) is 5.92 Å². The van der Waals surface area contributed by atoms with E-state index in [2.05, 4.69) is 37.3 Å². The summed E-state index contributed by atoms with van der Waals surface area (Å²) in [6.07, 6.45) is 1.76. The molecule has 6 nitrogen and oxygen atoms in total. The molecule has 1 amide bonds. The lowest BCUT2D eigenvalue weighted by molar-refractivity contribution is 0.0715. The number of nitrogens with zero attached hydrogens (tertiary/aromatic N) is 2. The zero-order valence-electron chi connectivity index (χ0n) is 17.9. The van der Waals surface area contributed by atoms with Gasteiger partial charge in [0, 0.05) is 31.2 Å². The average Bonchev–Trinajstić information content (AvgIpc) is 3.44. The van der Waals surface area contributed by atoms with Crippen LogP contribution in [-0.4, -0.2) is 62.9 Å². The van der Waals surface area contributed by atoms with Gasteiger partial charge in [0.1, 0.15) is 0 Å². The number of aryl methyl sites for hydroxylation is 1. The second kappa shape index (κ2) is 9.85. The van der Waals surface area contributed by atoms with Crippen molar-refractivity contribution in [3.8, 4) is 0 Å². The molecule has 0 heterocycles. The SMILES string of the molecule is CCN(CC)CCN(CC(C)C)C(=O)c1cc(S(=O)(=O)NC2CC2)ccc1C. The fourth-order valence-electron chi connectivity index (χ4n) is 3.18. The Hall–Kier alpha value is -1.44. The fourth-order valence-corrected chi connectivity index (χ4v) is 4.51. The van der Waals surface area contributed by atoms with Crippen LogP contribution in [0.4, 0.5) is 0 Å². The number of nitrogens with one attached hydrogen (secondary N) is 1. The van der Waals surface area contributed by atoms with Gasteiger partial charge in [0.25, 0.3) is 5.91 Å². The first-order valence-corrected chi connectivity index (χ1v) is 11.8. The quantitative estimate of drug-likeness (QED) is 0.610. The number of rotatable bonds is 11. The Morgan fingerprint density at radius 2 is 1.82 bits per heavy atom. The highest BCUT2D eigenvalue weighted by molar-refractivity contribution is 7.89. The molecule has 1 aromatic rings. The topological polar surface area (TPSA) is 69.7 Å². The van der Waals surface area contributed by atoms with Gasteiger partial charge in [-0.1, -0.05) is 33.8 Å². The summed E-state index contributed by atoms with van der Waals surface area (Å²) in [5.74, 6) is 0.242. The van der Waals surface area contributed by atoms with E-state index >= 15 is 0 Å². The van der Waals surface area contributed by atoms with E-state index in [1.54, 1.807) is 12.1 Å². The third-order valence-corrected chi connectivity index (χ3v) is 6.62. The first kappa shape index (κ1) is 22.8. The summed E-state index contributed by atoms with van der Waals surface area (Å²) < 4.78 is 27.8. The van der Waals surface area contributed by atoms with Gasteiger partial charge < -0.3 is 9.80 Å². The molecule has 0 aromatic heterocycles. The van der Waals surface area contributed by atoms with Gasteiger partial charge in [-0.2, -0.15) is 0 Å². The van der Waals surface area contributed by atoms with E-state index in [0.29, 0.717) is 24.6 Å². The molecule has 7 heteroatoms. The summed E-state index contributed by atoms with van der Waals surface area (Å²) in [6.45, 7) is 14.2. The van der Waals surface area contributed by atoms with Crippen LogP contribution >= 0.6 is 0 Å². The largest absolute Gasteiger partial charge is 0.337 e. The molecule has 0 saturated heterocycles. The average molecular weight is 410 g/mol. The predicted molar refractivity (Wildman–Crippen MR) is 113 cm³/mol. The molecule has 1 aliphatic rings.